The average Bonchev–Trinajstić information content (AvgIpc) is 2.50. The van der Waals surface area contributed by atoms with Crippen LogP contribution in [0.5, 0.6) is 5.88 Å². The molecule has 0 spiro atoms. The number of likely N-dealkylation sites (N-methyl/N-ethyl adjacent to an activating group) is 1. The summed E-state index contributed by atoms with van der Waals surface area (Å²) in [6.07, 6.45) is 0. The Hall–Kier alpha value is -0.810. The highest BCUT2D eigenvalue weighted by atomic mass is 32.1. The highest BCUT2D eigenvalue weighted by Crippen LogP contribution is 2.27. The Morgan fingerprint density at radius 2 is 2.23 bits per heavy atom. The Bertz CT molecular complexity index is 285. The maximum Gasteiger partial charge on any atom is 0.223 e. The number of aromatic hydroxyl groups is 1. The molecule has 1 rings (SSSR count). The van der Waals surface area contributed by atoms with Crippen LogP contribution >= 0.6 is 11.3 Å². The standard InChI is InChI=1S/C8H14N2O2S/c1-8(2,5-11)10(3)7-9-6(12)4-13-7/h4,11-12H,5H2,1-3H3. The first-order valence-electron chi connectivity index (χ1n) is 3.96. The summed E-state index contributed by atoms with van der Waals surface area (Å²) >= 11 is 1.35. The second-order valence-corrected chi connectivity index (χ2v) is 4.35. The normalized spacial score (nSPS) is 11.7. The number of aromatic nitrogens is 1. The van der Waals surface area contributed by atoms with Crippen LogP contribution in [-0.4, -0.2) is 34.4 Å². The third kappa shape index (κ3) is 2.10. The van der Waals surface area contributed by atoms with Crippen molar-refractivity contribution in [3.8, 4) is 5.88 Å². The predicted molar refractivity (Wildman–Crippen MR) is 53.3 cm³/mol. The van der Waals surface area contributed by atoms with Gasteiger partial charge in [0.25, 0.3) is 0 Å². The van der Waals surface area contributed by atoms with E-state index in [1.807, 2.05) is 25.8 Å². The van der Waals surface area contributed by atoms with E-state index in [9.17, 15) is 0 Å². The molecule has 13 heavy (non-hydrogen) atoms. The summed E-state index contributed by atoms with van der Waals surface area (Å²) < 4.78 is 0. The van der Waals surface area contributed by atoms with Gasteiger partial charge in [0.05, 0.1) is 17.5 Å². The smallest absolute Gasteiger partial charge is 0.223 e. The maximum atomic E-state index is 9.11. The monoisotopic (exact) mass is 202 g/mol. The Morgan fingerprint density at radius 1 is 1.62 bits per heavy atom. The molecule has 5 heteroatoms. The van der Waals surface area contributed by atoms with Crippen LogP contribution in [0.4, 0.5) is 5.13 Å². The fraction of sp³-hybridized carbons (Fsp3) is 0.625. The molecule has 0 aliphatic rings. The lowest BCUT2D eigenvalue weighted by molar-refractivity contribution is 0.216. The summed E-state index contributed by atoms with van der Waals surface area (Å²) in [5, 5.41) is 20.4. The number of rotatable bonds is 3. The summed E-state index contributed by atoms with van der Waals surface area (Å²) in [7, 11) is 1.84. The molecule has 0 saturated heterocycles. The minimum Gasteiger partial charge on any atom is -0.493 e. The zero-order chi connectivity index (χ0) is 10.1. The van der Waals surface area contributed by atoms with Crippen LogP contribution in [0.2, 0.25) is 0 Å². The van der Waals surface area contributed by atoms with Crippen molar-refractivity contribution >= 4 is 16.5 Å². The van der Waals surface area contributed by atoms with Gasteiger partial charge in [-0.2, -0.15) is 4.98 Å². The van der Waals surface area contributed by atoms with Crippen molar-refractivity contribution < 1.29 is 10.2 Å². The second kappa shape index (κ2) is 3.51. The number of thiazole rings is 1. The third-order valence-corrected chi connectivity index (χ3v) is 2.97. The van der Waals surface area contributed by atoms with Crippen molar-refractivity contribution in [2.45, 2.75) is 19.4 Å². The van der Waals surface area contributed by atoms with Gasteiger partial charge < -0.3 is 15.1 Å². The van der Waals surface area contributed by atoms with Crippen molar-refractivity contribution in [3.63, 3.8) is 0 Å². The van der Waals surface area contributed by atoms with E-state index in [0.717, 1.165) is 0 Å². The molecule has 0 amide bonds. The topological polar surface area (TPSA) is 56.6 Å². The number of hydrogen-bond acceptors (Lipinski definition) is 5. The van der Waals surface area contributed by atoms with E-state index in [0.29, 0.717) is 5.13 Å². The van der Waals surface area contributed by atoms with E-state index in [1.165, 1.54) is 11.3 Å². The lowest BCUT2D eigenvalue weighted by Gasteiger charge is -2.33. The molecule has 0 radical (unpaired) electrons. The molecule has 1 heterocycles. The van der Waals surface area contributed by atoms with E-state index >= 15 is 0 Å². The Morgan fingerprint density at radius 3 is 2.62 bits per heavy atom. The van der Waals surface area contributed by atoms with Gasteiger partial charge in [0.15, 0.2) is 5.13 Å². The minimum absolute atomic E-state index is 0.0283. The highest BCUT2D eigenvalue weighted by molar-refractivity contribution is 7.13. The molecule has 0 aliphatic carbocycles. The summed E-state index contributed by atoms with van der Waals surface area (Å²) in [4.78, 5) is 5.76. The van der Waals surface area contributed by atoms with Crippen LogP contribution in [0, 0.1) is 0 Å². The zero-order valence-corrected chi connectivity index (χ0v) is 8.80. The zero-order valence-electron chi connectivity index (χ0n) is 7.98. The van der Waals surface area contributed by atoms with E-state index in [1.54, 1.807) is 5.38 Å². The molecule has 0 bridgehead atoms. The summed E-state index contributed by atoms with van der Waals surface area (Å²) in [6.45, 7) is 3.86. The average molecular weight is 202 g/mol. The largest absolute Gasteiger partial charge is 0.493 e. The Balaban J connectivity index is 2.84. The van der Waals surface area contributed by atoms with E-state index in [-0.39, 0.29) is 18.0 Å². The van der Waals surface area contributed by atoms with Crippen LogP contribution in [-0.2, 0) is 0 Å². The number of aliphatic hydroxyl groups excluding tert-OH is 1. The number of aliphatic hydroxyl groups is 1. The lowest BCUT2D eigenvalue weighted by Crippen LogP contribution is -2.44. The van der Waals surface area contributed by atoms with E-state index in [4.69, 9.17) is 10.2 Å². The highest BCUT2D eigenvalue weighted by Gasteiger charge is 2.24. The first kappa shape index (κ1) is 10.3. The molecular weight excluding hydrogens is 188 g/mol. The summed E-state index contributed by atoms with van der Waals surface area (Å²) in [6, 6.07) is 0. The Labute approximate surface area is 81.5 Å². The van der Waals surface area contributed by atoms with E-state index < -0.39 is 0 Å². The summed E-state index contributed by atoms with van der Waals surface area (Å²) in [5.74, 6) is 0.0283. The maximum absolute atomic E-state index is 9.11. The van der Waals surface area contributed by atoms with Gasteiger partial charge in [-0.25, -0.2) is 0 Å². The van der Waals surface area contributed by atoms with Gasteiger partial charge in [0, 0.05) is 7.05 Å². The van der Waals surface area contributed by atoms with Gasteiger partial charge in [-0.05, 0) is 13.8 Å². The van der Waals surface area contributed by atoms with Crippen molar-refractivity contribution in [1.82, 2.24) is 4.98 Å². The number of anilines is 1. The fourth-order valence-corrected chi connectivity index (χ4v) is 1.59. The molecule has 0 atom stereocenters. The predicted octanol–water partition coefficient (Wildman–Crippen LogP) is 1.06. The van der Waals surface area contributed by atoms with Crippen LogP contribution < -0.4 is 4.90 Å². The third-order valence-electron chi connectivity index (χ3n) is 2.06. The van der Waals surface area contributed by atoms with Crippen LogP contribution in [0.25, 0.3) is 0 Å². The molecular formula is C8H14N2O2S. The molecule has 1 aromatic heterocycles. The molecule has 1 aromatic rings. The fourth-order valence-electron chi connectivity index (χ4n) is 0.775. The minimum atomic E-state index is -0.357. The molecule has 74 valence electrons. The van der Waals surface area contributed by atoms with Gasteiger partial charge in [0.1, 0.15) is 0 Å². The van der Waals surface area contributed by atoms with Gasteiger partial charge in [-0.3, -0.25) is 0 Å². The summed E-state index contributed by atoms with van der Waals surface area (Å²) in [5.41, 5.74) is -0.357. The van der Waals surface area contributed by atoms with E-state index in [2.05, 4.69) is 4.98 Å². The first-order chi connectivity index (χ1) is 5.97. The van der Waals surface area contributed by atoms with Crippen molar-refractivity contribution in [1.29, 1.82) is 0 Å². The molecule has 4 nitrogen and oxygen atoms in total. The SMILES string of the molecule is CN(c1nc(O)cs1)C(C)(C)CO. The van der Waals surface area contributed by atoms with Crippen molar-refractivity contribution in [3.05, 3.63) is 5.38 Å². The van der Waals surface area contributed by atoms with Gasteiger partial charge >= 0.3 is 0 Å². The van der Waals surface area contributed by atoms with Crippen molar-refractivity contribution in [2.24, 2.45) is 0 Å². The molecule has 0 saturated carbocycles. The number of hydrogen-bond donors (Lipinski definition) is 2. The molecule has 0 aliphatic heterocycles. The van der Waals surface area contributed by atoms with Crippen molar-refractivity contribution in [2.75, 3.05) is 18.6 Å². The lowest BCUT2D eigenvalue weighted by atomic mass is 10.1. The quantitative estimate of drug-likeness (QED) is 0.769. The molecule has 0 aromatic carbocycles. The first-order valence-corrected chi connectivity index (χ1v) is 4.84. The molecule has 2 N–H and O–H groups in total. The molecule has 0 fully saturated rings. The van der Waals surface area contributed by atoms with Gasteiger partial charge in [-0.1, -0.05) is 0 Å². The Kier molecular flexibility index (Phi) is 2.77. The number of nitrogens with zero attached hydrogens (tertiary/aromatic N) is 2. The van der Waals surface area contributed by atoms with Crippen LogP contribution in [0.15, 0.2) is 5.38 Å². The van der Waals surface area contributed by atoms with Crippen LogP contribution in [0.1, 0.15) is 13.8 Å². The van der Waals surface area contributed by atoms with Gasteiger partial charge in [0.2, 0.25) is 5.88 Å². The second-order valence-electron chi connectivity index (χ2n) is 3.52. The van der Waals surface area contributed by atoms with Crippen LogP contribution in [0.3, 0.4) is 0 Å². The molecule has 0 unspecified atom stereocenters. The van der Waals surface area contributed by atoms with Gasteiger partial charge in [-0.15, -0.1) is 11.3 Å².